The standard InChI is InChI=1S/C21H24N4/c1-5-14(2)20-11-18-21(25(20)4)9-15(12-23-18)8-17-10-16-13-22-7-6-19(16)24(17)3/h6-7,9-14H,5,8H2,1-4H3. The minimum Gasteiger partial charge on any atom is -0.347 e. The van der Waals surface area contributed by atoms with Gasteiger partial charge in [0, 0.05) is 55.9 Å². The quantitative estimate of drug-likeness (QED) is 0.549. The van der Waals surface area contributed by atoms with Gasteiger partial charge in [-0.1, -0.05) is 13.8 Å². The zero-order valence-corrected chi connectivity index (χ0v) is 15.3. The molecule has 0 fully saturated rings. The second-order valence-electron chi connectivity index (χ2n) is 6.99. The van der Waals surface area contributed by atoms with Gasteiger partial charge in [-0.25, -0.2) is 0 Å². The summed E-state index contributed by atoms with van der Waals surface area (Å²) in [5.41, 5.74) is 7.40. The van der Waals surface area contributed by atoms with Gasteiger partial charge in [0.15, 0.2) is 0 Å². The number of fused-ring (bicyclic) bond motifs is 2. The molecule has 25 heavy (non-hydrogen) atoms. The Morgan fingerprint density at radius 1 is 1.04 bits per heavy atom. The van der Waals surface area contributed by atoms with Crippen LogP contribution in [-0.2, 0) is 20.5 Å². The number of rotatable bonds is 4. The molecule has 0 aromatic carbocycles. The van der Waals surface area contributed by atoms with E-state index in [1.54, 1.807) is 0 Å². The third-order valence-corrected chi connectivity index (χ3v) is 5.43. The maximum Gasteiger partial charge on any atom is 0.0884 e. The fourth-order valence-electron chi connectivity index (χ4n) is 3.67. The molecule has 0 radical (unpaired) electrons. The lowest BCUT2D eigenvalue weighted by molar-refractivity contribution is 0.673. The van der Waals surface area contributed by atoms with Gasteiger partial charge >= 0.3 is 0 Å². The summed E-state index contributed by atoms with van der Waals surface area (Å²) in [6.45, 7) is 4.51. The second kappa shape index (κ2) is 6.03. The Morgan fingerprint density at radius 2 is 1.88 bits per heavy atom. The Balaban J connectivity index is 1.74. The van der Waals surface area contributed by atoms with Crippen LogP contribution in [0.2, 0.25) is 0 Å². The molecule has 0 N–H and O–H groups in total. The van der Waals surface area contributed by atoms with Gasteiger partial charge in [-0.15, -0.1) is 0 Å². The predicted molar refractivity (Wildman–Crippen MR) is 103 cm³/mol. The van der Waals surface area contributed by atoms with Gasteiger partial charge in [0.25, 0.3) is 0 Å². The first-order chi connectivity index (χ1) is 12.1. The molecule has 128 valence electrons. The molecule has 1 atom stereocenters. The number of hydrogen-bond donors (Lipinski definition) is 0. The molecule has 0 amide bonds. The smallest absolute Gasteiger partial charge is 0.0884 e. The first kappa shape index (κ1) is 15.9. The molecule has 0 aliphatic heterocycles. The first-order valence-electron chi connectivity index (χ1n) is 8.91. The monoisotopic (exact) mass is 332 g/mol. The lowest BCUT2D eigenvalue weighted by atomic mass is 10.1. The van der Waals surface area contributed by atoms with Crippen molar-refractivity contribution in [2.45, 2.75) is 32.6 Å². The van der Waals surface area contributed by atoms with Crippen molar-refractivity contribution >= 4 is 21.9 Å². The van der Waals surface area contributed by atoms with E-state index in [0.717, 1.165) is 18.4 Å². The topological polar surface area (TPSA) is 35.6 Å². The van der Waals surface area contributed by atoms with Crippen molar-refractivity contribution in [3.8, 4) is 0 Å². The number of nitrogens with zero attached hydrogens (tertiary/aromatic N) is 4. The number of aryl methyl sites for hydroxylation is 2. The molecule has 1 unspecified atom stereocenters. The normalized spacial score (nSPS) is 13.0. The fraction of sp³-hybridized carbons (Fsp3) is 0.333. The highest BCUT2D eigenvalue weighted by Gasteiger charge is 2.13. The van der Waals surface area contributed by atoms with E-state index in [4.69, 9.17) is 4.98 Å². The predicted octanol–water partition coefficient (Wildman–Crippen LogP) is 4.56. The van der Waals surface area contributed by atoms with Crippen LogP contribution in [0.1, 0.15) is 43.1 Å². The largest absolute Gasteiger partial charge is 0.347 e. The molecule has 4 aromatic heterocycles. The molecular weight excluding hydrogens is 308 g/mol. The summed E-state index contributed by atoms with van der Waals surface area (Å²) in [5, 5.41) is 1.19. The minimum atomic E-state index is 0.549. The molecule has 4 heterocycles. The summed E-state index contributed by atoms with van der Waals surface area (Å²) in [6, 6.07) is 8.80. The average molecular weight is 332 g/mol. The zero-order chi connectivity index (χ0) is 17.6. The van der Waals surface area contributed by atoms with E-state index in [9.17, 15) is 0 Å². The Kier molecular flexibility index (Phi) is 3.83. The minimum absolute atomic E-state index is 0.549. The van der Waals surface area contributed by atoms with Crippen LogP contribution >= 0.6 is 0 Å². The third-order valence-electron chi connectivity index (χ3n) is 5.43. The van der Waals surface area contributed by atoms with Crippen LogP contribution in [0.4, 0.5) is 0 Å². The van der Waals surface area contributed by atoms with Crippen molar-refractivity contribution in [3.05, 3.63) is 59.8 Å². The molecule has 0 spiro atoms. The number of hydrogen-bond acceptors (Lipinski definition) is 2. The van der Waals surface area contributed by atoms with Gasteiger partial charge in [0.1, 0.15) is 0 Å². The summed E-state index contributed by atoms with van der Waals surface area (Å²) in [7, 11) is 4.27. The van der Waals surface area contributed by atoms with E-state index in [1.807, 2.05) is 18.6 Å². The summed E-state index contributed by atoms with van der Waals surface area (Å²) >= 11 is 0. The highest BCUT2D eigenvalue weighted by molar-refractivity contribution is 5.81. The Labute approximate surface area is 148 Å². The van der Waals surface area contributed by atoms with Crippen molar-refractivity contribution < 1.29 is 0 Å². The first-order valence-corrected chi connectivity index (χ1v) is 8.91. The van der Waals surface area contributed by atoms with E-state index in [-0.39, 0.29) is 0 Å². The van der Waals surface area contributed by atoms with E-state index >= 15 is 0 Å². The molecule has 0 aliphatic carbocycles. The van der Waals surface area contributed by atoms with Crippen LogP contribution in [0.5, 0.6) is 0 Å². The molecule has 4 heteroatoms. The average Bonchev–Trinajstić information content (AvgIpc) is 3.13. The number of pyridine rings is 2. The highest BCUT2D eigenvalue weighted by Crippen LogP contribution is 2.27. The summed E-state index contributed by atoms with van der Waals surface area (Å²) in [5.74, 6) is 0.549. The van der Waals surface area contributed by atoms with Gasteiger partial charge in [0.2, 0.25) is 0 Å². The van der Waals surface area contributed by atoms with Gasteiger partial charge in [0.05, 0.1) is 16.6 Å². The summed E-state index contributed by atoms with van der Waals surface area (Å²) < 4.78 is 4.54. The van der Waals surface area contributed by atoms with Crippen LogP contribution in [0.25, 0.3) is 21.9 Å². The maximum atomic E-state index is 4.72. The van der Waals surface area contributed by atoms with Gasteiger partial charge in [-0.05, 0) is 42.2 Å². The Hall–Kier alpha value is -2.62. The number of aromatic nitrogens is 4. The molecule has 0 saturated carbocycles. The van der Waals surface area contributed by atoms with Gasteiger partial charge < -0.3 is 9.13 Å². The fourth-order valence-corrected chi connectivity index (χ4v) is 3.67. The molecule has 0 saturated heterocycles. The summed E-state index contributed by atoms with van der Waals surface area (Å²) in [6.07, 6.45) is 7.80. The van der Waals surface area contributed by atoms with E-state index < -0.39 is 0 Å². The lowest BCUT2D eigenvalue weighted by Crippen LogP contribution is -2.01. The van der Waals surface area contributed by atoms with Crippen molar-refractivity contribution in [3.63, 3.8) is 0 Å². The molecule has 4 nitrogen and oxygen atoms in total. The molecule has 4 rings (SSSR count). The molecule has 0 aliphatic rings. The van der Waals surface area contributed by atoms with Crippen LogP contribution in [0.15, 0.2) is 42.9 Å². The van der Waals surface area contributed by atoms with Crippen LogP contribution in [0, 0.1) is 0 Å². The molecule has 0 bridgehead atoms. The van der Waals surface area contributed by atoms with Crippen LogP contribution in [-0.4, -0.2) is 19.1 Å². The van der Waals surface area contributed by atoms with Crippen molar-refractivity contribution in [2.75, 3.05) is 0 Å². The Morgan fingerprint density at radius 3 is 2.64 bits per heavy atom. The highest BCUT2D eigenvalue weighted by atomic mass is 15.0. The molecular formula is C21H24N4. The van der Waals surface area contributed by atoms with E-state index in [2.05, 4.69) is 66.3 Å². The van der Waals surface area contributed by atoms with E-state index in [1.165, 1.54) is 33.4 Å². The van der Waals surface area contributed by atoms with Crippen molar-refractivity contribution in [1.82, 2.24) is 19.1 Å². The van der Waals surface area contributed by atoms with E-state index in [0.29, 0.717) is 5.92 Å². The Bertz CT molecular complexity index is 1050. The van der Waals surface area contributed by atoms with Crippen molar-refractivity contribution in [2.24, 2.45) is 14.1 Å². The van der Waals surface area contributed by atoms with Crippen LogP contribution in [0.3, 0.4) is 0 Å². The van der Waals surface area contributed by atoms with Crippen molar-refractivity contribution in [1.29, 1.82) is 0 Å². The van der Waals surface area contributed by atoms with Crippen LogP contribution < -0.4 is 0 Å². The lowest BCUT2D eigenvalue weighted by Gasteiger charge is -2.10. The third kappa shape index (κ3) is 2.62. The molecule has 4 aromatic rings. The maximum absolute atomic E-state index is 4.72. The second-order valence-corrected chi connectivity index (χ2v) is 6.99. The van der Waals surface area contributed by atoms with Gasteiger partial charge in [-0.2, -0.15) is 0 Å². The summed E-state index contributed by atoms with van der Waals surface area (Å²) in [4.78, 5) is 8.94. The van der Waals surface area contributed by atoms with Gasteiger partial charge in [-0.3, -0.25) is 9.97 Å². The SMILES string of the molecule is CCC(C)c1cc2ncc(Cc3cc4cnccc4n3C)cc2n1C. The zero-order valence-electron chi connectivity index (χ0n) is 15.3.